The fraction of sp³-hybridized carbons (Fsp3) is 0.386. The lowest BCUT2D eigenvalue weighted by Gasteiger charge is -2.40. The summed E-state index contributed by atoms with van der Waals surface area (Å²) < 4.78 is 70.0. The van der Waals surface area contributed by atoms with Crippen molar-refractivity contribution in [1.82, 2.24) is 24.6 Å². The largest absolute Gasteiger partial charge is 0.461 e. The summed E-state index contributed by atoms with van der Waals surface area (Å²) in [6, 6.07) is 15.8. The third-order valence-corrected chi connectivity index (χ3v) is 11.8. The predicted octanol–water partition coefficient (Wildman–Crippen LogP) is 6.52. The van der Waals surface area contributed by atoms with Gasteiger partial charge >= 0.3 is 11.9 Å². The molecule has 2 fully saturated rings. The first-order chi connectivity index (χ1) is 29.0. The number of benzene rings is 3. The molecular formula is C44H47F3N6O6S. The quantitative estimate of drug-likeness (QED) is 0.0847. The van der Waals surface area contributed by atoms with Crippen LogP contribution in [0.3, 0.4) is 0 Å². The van der Waals surface area contributed by atoms with Crippen molar-refractivity contribution >= 4 is 29.8 Å². The topological polar surface area (TPSA) is 132 Å². The number of hydrogen-bond donors (Lipinski definition) is 0. The van der Waals surface area contributed by atoms with Crippen molar-refractivity contribution in [3.05, 3.63) is 137 Å². The number of ether oxygens (including phenoxy) is 4. The van der Waals surface area contributed by atoms with Gasteiger partial charge < -0.3 is 28.7 Å². The Labute approximate surface area is 351 Å². The number of rotatable bonds is 17. The number of nitrogens with zero attached hydrogens (tertiary/aromatic N) is 6. The fourth-order valence-corrected chi connectivity index (χ4v) is 8.30. The highest BCUT2D eigenvalue weighted by molar-refractivity contribution is 8.00. The third kappa shape index (κ3) is 11.9. The zero-order chi connectivity index (χ0) is 42.5. The first-order valence-corrected chi connectivity index (χ1v) is 20.6. The lowest BCUT2D eigenvalue weighted by atomic mass is 9.89. The van der Waals surface area contributed by atoms with Crippen LogP contribution in [0.1, 0.15) is 52.4 Å². The van der Waals surface area contributed by atoms with Crippen LogP contribution in [0.4, 0.5) is 13.2 Å². The van der Waals surface area contributed by atoms with E-state index < -0.39 is 46.5 Å². The Morgan fingerprint density at radius 1 is 1.03 bits per heavy atom. The highest BCUT2D eigenvalue weighted by Crippen LogP contribution is 2.42. The van der Waals surface area contributed by atoms with Crippen molar-refractivity contribution < 1.29 is 41.7 Å². The predicted molar refractivity (Wildman–Crippen MR) is 219 cm³/mol. The van der Waals surface area contributed by atoms with E-state index in [9.17, 15) is 18.4 Å². The molecule has 60 heavy (non-hydrogen) atoms. The minimum Gasteiger partial charge on any atom is -0.461 e. The number of halogens is 3. The second-order valence-corrected chi connectivity index (χ2v) is 16.2. The molecule has 316 valence electrons. The minimum atomic E-state index is -1.79. The van der Waals surface area contributed by atoms with Crippen LogP contribution >= 0.6 is 11.8 Å². The molecule has 2 aliphatic heterocycles. The molecule has 0 N–H and O–H groups in total. The van der Waals surface area contributed by atoms with Crippen LogP contribution in [0.25, 0.3) is 6.08 Å². The van der Waals surface area contributed by atoms with Gasteiger partial charge in [-0.15, -0.1) is 11.8 Å². The van der Waals surface area contributed by atoms with Gasteiger partial charge in [0.2, 0.25) is 0 Å². The van der Waals surface area contributed by atoms with E-state index in [-0.39, 0.29) is 54.7 Å². The number of likely N-dealkylation sites (N-methyl/N-ethyl adjacent to an activating group) is 1. The minimum absolute atomic E-state index is 0.0825. The van der Waals surface area contributed by atoms with E-state index in [2.05, 4.69) is 26.9 Å². The Balaban J connectivity index is 1.15. The molecule has 2 atom stereocenters. The molecule has 0 aliphatic carbocycles. The Bertz CT molecular complexity index is 2170. The van der Waals surface area contributed by atoms with Gasteiger partial charge in [-0.1, -0.05) is 42.5 Å². The first kappa shape index (κ1) is 44.2. The molecule has 0 spiro atoms. The molecule has 6 rings (SSSR count). The Hall–Kier alpha value is -5.31. The van der Waals surface area contributed by atoms with Gasteiger partial charge in [-0.2, -0.15) is 10.4 Å². The molecule has 2 saturated heterocycles. The Morgan fingerprint density at radius 2 is 1.82 bits per heavy atom. The highest BCUT2D eigenvalue weighted by atomic mass is 32.2. The maximum atomic E-state index is 16.0. The normalized spacial score (nSPS) is 19.2. The number of esters is 2. The van der Waals surface area contributed by atoms with E-state index in [1.54, 1.807) is 55.5 Å². The van der Waals surface area contributed by atoms with E-state index in [1.165, 1.54) is 47.3 Å². The average Bonchev–Trinajstić information content (AvgIpc) is 3.76. The fourth-order valence-electron chi connectivity index (χ4n) is 6.94. The number of carbonyl (C=O) groups excluding carboxylic acids is 2. The average molecular weight is 845 g/mol. The molecule has 3 aromatic carbocycles. The second kappa shape index (κ2) is 21.3. The van der Waals surface area contributed by atoms with E-state index in [0.29, 0.717) is 17.5 Å². The van der Waals surface area contributed by atoms with E-state index >= 15 is 4.39 Å². The van der Waals surface area contributed by atoms with Gasteiger partial charge in [-0.3, -0.25) is 4.79 Å². The number of piperazine rings is 1. The number of aromatic nitrogens is 3. The van der Waals surface area contributed by atoms with Crippen molar-refractivity contribution in [2.45, 2.75) is 55.3 Å². The van der Waals surface area contributed by atoms with Crippen molar-refractivity contribution in [2.75, 3.05) is 53.0 Å². The summed E-state index contributed by atoms with van der Waals surface area (Å²) in [5.74, 6) is -3.46. The van der Waals surface area contributed by atoms with E-state index in [0.717, 1.165) is 50.9 Å². The Kier molecular flexibility index (Phi) is 15.7. The second-order valence-electron chi connectivity index (χ2n) is 14.6. The summed E-state index contributed by atoms with van der Waals surface area (Å²) in [6.45, 7) is 6.47. The van der Waals surface area contributed by atoms with Gasteiger partial charge in [0.1, 0.15) is 36.7 Å². The van der Waals surface area contributed by atoms with Gasteiger partial charge in [0.15, 0.2) is 11.9 Å². The monoisotopic (exact) mass is 844 g/mol. The summed E-state index contributed by atoms with van der Waals surface area (Å²) in [7, 11) is 2.09. The van der Waals surface area contributed by atoms with Gasteiger partial charge in [0.05, 0.1) is 42.2 Å². The number of carbonyl (C=O) groups is 2. The molecule has 0 unspecified atom stereocenters. The van der Waals surface area contributed by atoms with Gasteiger partial charge in [0, 0.05) is 60.6 Å². The number of hydrogen-bond acceptors (Lipinski definition) is 12. The number of allylic oxidation sites excluding steroid dienone is 2. The first-order valence-electron chi connectivity index (χ1n) is 19.6. The van der Waals surface area contributed by atoms with Gasteiger partial charge in [0.25, 0.3) is 0 Å². The molecule has 16 heteroatoms. The van der Waals surface area contributed by atoms with Crippen LogP contribution < -0.4 is 0 Å². The smallest absolute Gasteiger partial charge is 0.339 e. The maximum absolute atomic E-state index is 16.0. The van der Waals surface area contributed by atoms with Crippen molar-refractivity contribution in [1.29, 1.82) is 5.26 Å². The van der Waals surface area contributed by atoms with Crippen LogP contribution in [0.2, 0.25) is 0 Å². The molecule has 12 nitrogen and oxygen atoms in total. The van der Waals surface area contributed by atoms with Crippen LogP contribution in [-0.2, 0) is 42.5 Å². The zero-order valence-corrected chi connectivity index (χ0v) is 34.2. The van der Waals surface area contributed by atoms with Crippen LogP contribution in [0.5, 0.6) is 0 Å². The molecule has 4 aromatic rings. The lowest BCUT2D eigenvalue weighted by Crippen LogP contribution is -2.47. The van der Waals surface area contributed by atoms with Crippen molar-refractivity contribution in [3.8, 4) is 6.07 Å². The molecule has 0 bridgehead atoms. The van der Waals surface area contributed by atoms with Gasteiger partial charge in [-0.05, 0) is 63.3 Å². The molecule has 0 amide bonds. The summed E-state index contributed by atoms with van der Waals surface area (Å²) >= 11 is 1.34. The molecule has 0 radical (unpaired) electrons. The van der Waals surface area contributed by atoms with Crippen molar-refractivity contribution in [2.24, 2.45) is 0 Å². The summed E-state index contributed by atoms with van der Waals surface area (Å²) in [4.78, 5) is 35.8. The number of nitriles is 1. The summed E-state index contributed by atoms with van der Waals surface area (Å²) in [6.07, 6.45) is 9.38. The SMILES string of the molecule is C[C@@H](S[C@H]1CO[C@H](/C=C/C=C/c2ccc(C#N)cc2F)OC1)[C@@](Cn1cncn1)(OC(=O)c1ccccc1COC(=O)CCCN1CCN(C)CC1)c1ccc(F)cc1F. The van der Waals surface area contributed by atoms with Gasteiger partial charge in [-0.25, -0.2) is 27.6 Å². The zero-order valence-electron chi connectivity index (χ0n) is 33.4. The lowest BCUT2D eigenvalue weighted by molar-refractivity contribution is -0.146. The van der Waals surface area contributed by atoms with Crippen LogP contribution in [0.15, 0.2) is 91.5 Å². The molecule has 2 aliphatic rings. The van der Waals surface area contributed by atoms with Crippen molar-refractivity contribution in [3.63, 3.8) is 0 Å². The summed E-state index contributed by atoms with van der Waals surface area (Å²) in [5, 5.41) is 12.2. The Morgan fingerprint density at radius 3 is 2.53 bits per heavy atom. The van der Waals surface area contributed by atoms with E-state index in [4.69, 9.17) is 24.2 Å². The molecule has 3 heterocycles. The summed E-state index contributed by atoms with van der Waals surface area (Å²) in [5.41, 5.74) is -0.819. The van der Waals surface area contributed by atoms with Crippen LogP contribution in [-0.4, -0.2) is 106 Å². The highest BCUT2D eigenvalue weighted by Gasteiger charge is 2.47. The number of thioether (sulfide) groups is 1. The third-order valence-electron chi connectivity index (χ3n) is 10.3. The molecule has 0 saturated carbocycles. The van der Waals surface area contributed by atoms with E-state index in [1.807, 2.05) is 6.07 Å². The molecular weight excluding hydrogens is 798 g/mol. The maximum Gasteiger partial charge on any atom is 0.339 e. The molecule has 1 aromatic heterocycles. The standard InChI is InChI=1S/C44H47F3N6O6S/c1-31(60-36-26-57-42(58-27-36)12-6-4-8-33-14-13-32(24-48)22-39(33)46)44(28-53-30-49-29-50-53,38-16-15-35(45)23-40(38)47)59-43(55)37-10-5-3-9-34(37)25-56-41(54)11-7-17-52-20-18-51(2)19-21-52/h3-6,8-10,12-16,22-23,29-31,36,42H,7,11,17-21,25-28H2,1-2H3/b8-4+,12-6+/t31-,36-,42-,44-/m1/s1. The van der Waals surface area contributed by atoms with Crippen LogP contribution in [0, 0.1) is 28.8 Å².